The van der Waals surface area contributed by atoms with Gasteiger partial charge in [-0.05, 0) is 62.1 Å². The number of amides is 1. The molecule has 0 saturated heterocycles. The van der Waals surface area contributed by atoms with Crippen molar-refractivity contribution in [3.8, 4) is 6.07 Å². The second-order valence-electron chi connectivity index (χ2n) is 6.74. The number of ether oxygens (including phenoxy) is 1. The highest BCUT2D eigenvalue weighted by Crippen LogP contribution is 2.33. The minimum absolute atomic E-state index is 0.111. The highest BCUT2D eigenvalue weighted by Gasteiger charge is 2.20. The molecule has 1 N–H and O–H groups in total. The summed E-state index contributed by atoms with van der Waals surface area (Å²) in [6.07, 6.45) is -1.03. The predicted octanol–water partition coefficient (Wildman–Crippen LogP) is 6.26. The Kier molecular flexibility index (Phi) is 6.73. The lowest BCUT2D eigenvalue weighted by molar-refractivity contribution is 0.115. The standard InChI is InChI=1S/C23H25N3O2S/c1-4-26(5-2)18-10-11-19(16(3)14-18)25-23(27)28-20(12-13-24)22-15-17-8-6-7-9-21(17)29-22/h6-11,14-15,20H,4-5,12H2,1-3H3,(H,25,27). The zero-order valence-electron chi connectivity index (χ0n) is 16.9. The Morgan fingerprint density at radius 2 is 1.97 bits per heavy atom. The topological polar surface area (TPSA) is 65.4 Å². The number of hydrogen-bond donors (Lipinski definition) is 1. The molecule has 5 nitrogen and oxygen atoms in total. The van der Waals surface area contributed by atoms with Crippen LogP contribution in [0.4, 0.5) is 16.2 Å². The van der Waals surface area contributed by atoms with Crippen LogP contribution in [0.2, 0.25) is 0 Å². The van der Waals surface area contributed by atoms with Crippen LogP contribution in [0.15, 0.2) is 48.5 Å². The van der Waals surface area contributed by atoms with E-state index in [9.17, 15) is 10.1 Å². The van der Waals surface area contributed by atoms with Crippen molar-refractivity contribution in [2.45, 2.75) is 33.3 Å². The van der Waals surface area contributed by atoms with Crippen molar-refractivity contribution in [2.24, 2.45) is 0 Å². The zero-order valence-corrected chi connectivity index (χ0v) is 17.8. The molecule has 0 saturated carbocycles. The Hall–Kier alpha value is -3.04. The Balaban J connectivity index is 1.73. The molecular weight excluding hydrogens is 382 g/mol. The number of carbonyl (C=O) groups is 1. The molecule has 1 unspecified atom stereocenters. The number of rotatable bonds is 7. The molecule has 0 aliphatic heterocycles. The van der Waals surface area contributed by atoms with E-state index in [1.54, 1.807) is 11.3 Å². The van der Waals surface area contributed by atoms with E-state index >= 15 is 0 Å². The number of nitriles is 1. The lowest BCUT2D eigenvalue weighted by Crippen LogP contribution is -2.22. The fourth-order valence-corrected chi connectivity index (χ4v) is 4.38. The van der Waals surface area contributed by atoms with E-state index in [-0.39, 0.29) is 6.42 Å². The number of carbonyl (C=O) groups excluding carboxylic acids is 1. The Morgan fingerprint density at radius 1 is 1.21 bits per heavy atom. The van der Waals surface area contributed by atoms with Crippen LogP contribution < -0.4 is 10.2 Å². The van der Waals surface area contributed by atoms with Gasteiger partial charge in [-0.3, -0.25) is 5.32 Å². The Morgan fingerprint density at radius 3 is 2.62 bits per heavy atom. The number of thiophene rings is 1. The van der Waals surface area contributed by atoms with Crippen molar-refractivity contribution in [1.29, 1.82) is 5.26 Å². The minimum atomic E-state index is -0.590. The number of hydrogen-bond acceptors (Lipinski definition) is 5. The van der Waals surface area contributed by atoms with Crippen LogP contribution in [0.3, 0.4) is 0 Å². The summed E-state index contributed by atoms with van der Waals surface area (Å²) in [6.45, 7) is 8.05. The summed E-state index contributed by atoms with van der Waals surface area (Å²) in [4.78, 5) is 15.6. The molecule has 0 bridgehead atoms. The lowest BCUT2D eigenvalue weighted by Gasteiger charge is -2.22. The highest BCUT2D eigenvalue weighted by molar-refractivity contribution is 7.19. The van der Waals surface area contributed by atoms with Crippen molar-refractivity contribution >= 4 is 38.9 Å². The molecule has 1 heterocycles. The SMILES string of the molecule is CCN(CC)c1ccc(NC(=O)OC(CC#N)c2cc3ccccc3s2)c(C)c1. The van der Waals surface area contributed by atoms with Gasteiger partial charge in [-0.1, -0.05) is 18.2 Å². The molecule has 2 aromatic carbocycles. The summed E-state index contributed by atoms with van der Waals surface area (Å²) < 4.78 is 6.72. The smallest absolute Gasteiger partial charge is 0.412 e. The number of anilines is 2. The Labute approximate surface area is 175 Å². The summed E-state index contributed by atoms with van der Waals surface area (Å²) in [5, 5.41) is 13.1. The van der Waals surface area contributed by atoms with Crippen molar-refractivity contribution in [3.63, 3.8) is 0 Å². The summed E-state index contributed by atoms with van der Waals surface area (Å²) in [7, 11) is 0. The van der Waals surface area contributed by atoms with Crippen molar-refractivity contribution in [2.75, 3.05) is 23.3 Å². The fourth-order valence-electron chi connectivity index (χ4n) is 3.29. The van der Waals surface area contributed by atoms with Gasteiger partial charge in [0.1, 0.15) is 0 Å². The van der Waals surface area contributed by atoms with E-state index < -0.39 is 12.2 Å². The first-order valence-electron chi connectivity index (χ1n) is 9.74. The molecule has 0 radical (unpaired) electrons. The maximum Gasteiger partial charge on any atom is 0.412 e. The lowest BCUT2D eigenvalue weighted by atomic mass is 10.1. The molecule has 1 amide bonds. The van der Waals surface area contributed by atoms with Gasteiger partial charge in [0.15, 0.2) is 6.10 Å². The van der Waals surface area contributed by atoms with Crippen LogP contribution in [0.1, 0.15) is 36.8 Å². The molecule has 6 heteroatoms. The summed E-state index contributed by atoms with van der Waals surface area (Å²) in [5.74, 6) is 0. The van der Waals surface area contributed by atoms with Crippen LogP contribution in [-0.2, 0) is 4.74 Å². The van der Waals surface area contributed by atoms with Crippen molar-refractivity contribution in [1.82, 2.24) is 0 Å². The first-order valence-corrected chi connectivity index (χ1v) is 10.6. The largest absolute Gasteiger partial charge is 0.439 e. The monoisotopic (exact) mass is 407 g/mol. The fraction of sp³-hybridized carbons (Fsp3) is 0.304. The number of nitrogens with zero attached hydrogens (tertiary/aromatic N) is 2. The third-order valence-corrected chi connectivity index (χ3v) is 6.07. The molecule has 1 aromatic heterocycles. The first kappa shape index (κ1) is 20.7. The molecule has 150 valence electrons. The van der Waals surface area contributed by atoms with Crippen LogP contribution in [0, 0.1) is 18.3 Å². The maximum absolute atomic E-state index is 12.5. The van der Waals surface area contributed by atoms with Crippen LogP contribution in [-0.4, -0.2) is 19.2 Å². The van der Waals surface area contributed by atoms with Gasteiger partial charge in [0, 0.05) is 34.0 Å². The summed E-state index contributed by atoms with van der Waals surface area (Å²) in [5.41, 5.74) is 2.79. The van der Waals surface area contributed by atoms with Crippen LogP contribution in [0.5, 0.6) is 0 Å². The average molecular weight is 408 g/mol. The van der Waals surface area contributed by atoms with Gasteiger partial charge < -0.3 is 9.64 Å². The number of aryl methyl sites for hydroxylation is 1. The molecule has 3 aromatic rings. The second-order valence-corrected chi connectivity index (χ2v) is 7.85. The van der Waals surface area contributed by atoms with E-state index in [0.717, 1.165) is 39.3 Å². The maximum atomic E-state index is 12.5. The molecule has 0 spiro atoms. The van der Waals surface area contributed by atoms with E-state index in [0.29, 0.717) is 5.69 Å². The average Bonchev–Trinajstić information content (AvgIpc) is 3.15. The molecule has 0 fully saturated rings. The predicted molar refractivity (Wildman–Crippen MR) is 120 cm³/mol. The highest BCUT2D eigenvalue weighted by atomic mass is 32.1. The summed E-state index contributed by atoms with van der Waals surface area (Å²) in [6, 6.07) is 18.0. The third kappa shape index (κ3) is 4.87. The van der Waals surface area contributed by atoms with E-state index in [1.807, 2.05) is 49.4 Å². The quantitative estimate of drug-likeness (QED) is 0.502. The van der Waals surface area contributed by atoms with E-state index in [4.69, 9.17) is 4.74 Å². The van der Waals surface area contributed by atoms with E-state index in [1.165, 1.54) is 0 Å². The summed E-state index contributed by atoms with van der Waals surface area (Å²) >= 11 is 1.55. The number of benzene rings is 2. The molecule has 1 atom stereocenters. The molecular formula is C23H25N3O2S. The van der Waals surface area contributed by atoms with Gasteiger partial charge in [-0.25, -0.2) is 4.79 Å². The minimum Gasteiger partial charge on any atom is -0.439 e. The normalized spacial score (nSPS) is 11.7. The molecule has 0 aliphatic rings. The molecule has 0 aliphatic carbocycles. The van der Waals surface area contributed by atoms with Gasteiger partial charge in [0.05, 0.1) is 12.5 Å². The third-order valence-electron chi connectivity index (χ3n) is 4.86. The molecule has 3 rings (SSSR count). The van der Waals surface area contributed by atoms with Crippen molar-refractivity contribution in [3.05, 3.63) is 59.0 Å². The zero-order chi connectivity index (χ0) is 20.8. The van der Waals surface area contributed by atoms with Gasteiger partial charge in [0.25, 0.3) is 0 Å². The van der Waals surface area contributed by atoms with Gasteiger partial charge in [-0.2, -0.15) is 5.26 Å². The first-order chi connectivity index (χ1) is 14.0. The second kappa shape index (κ2) is 9.44. The van der Waals surface area contributed by atoms with Crippen LogP contribution in [0.25, 0.3) is 10.1 Å². The van der Waals surface area contributed by atoms with Crippen LogP contribution >= 0.6 is 11.3 Å². The Bertz CT molecular complexity index is 1000. The van der Waals surface area contributed by atoms with Gasteiger partial charge in [0.2, 0.25) is 0 Å². The van der Waals surface area contributed by atoms with Gasteiger partial charge >= 0.3 is 6.09 Å². The molecule has 29 heavy (non-hydrogen) atoms. The van der Waals surface area contributed by atoms with Gasteiger partial charge in [-0.15, -0.1) is 11.3 Å². The number of nitrogens with one attached hydrogen (secondary N) is 1. The van der Waals surface area contributed by atoms with Crippen molar-refractivity contribution < 1.29 is 9.53 Å². The van der Waals surface area contributed by atoms with E-state index in [2.05, 4.69) is 36.2 Å². The number of fused-ring (bicyclic) bond motifs is 1.